The van der Waals surface area contributed by atoms with E-state index in [9.17, 15) is 9.50 Å². The van der Waals surface area contributed by atoms with E-state index in [2.05, 4.69) is 13.8 Å². The molecule has 90 valence electrons. The Hall–Kier alpha value is -0.250. The number of hydrogen-bond donors (Lipinski definition) is 1. The molecule has 4 heteroatoms. The Morgan fingerprint density at radius 1 is 1.44 bits per heavy atom. The molecule has 1 nitrogen and oxygen atoms in total. The van der Waals surface area contributed by atoms with Crippen LogP contribution < -0.4 is 0 Å². The summed E-state index contributed by atoms with van der Waals surface area (Å²) in [7, 11) is 0. The standard InChI is InChI=1S/C12H16ClFOS/c1-8(2)16-7-11(15)6-9-5-10(13)3-4-12(9)14/h3-5,8,11,15H,6-7H2,1-2H3. The molecule has 0 aromatic heterocycles. The Bertz CT molecular complexity index is 344. The zero-order valence-corrected chi connectivity index (χ0v) is 11.0. The summed E-state index contributed by atoms with van der Waals surface area (Å²) in [5, 5.41) is 10.7. The lowest BCUT2D eigenvalue weighted by atomic mass is 10.1. The molecule has 0 amide bonds. The maximum Gasteiger partial charge on any atom is 0.126 e. The van der Waals surface area contributed by atoms with Gasteiger partial charge in [0.1, 0.15) is 5.82 Å². The van der Waals surface area contributed by atoms with Gasteiger partial charge in [0.15, 0.2) is 0 Å². The Kier molecular flexibility index (Phi) is 5.59. The molecule has 1 N–H and O–H groups in total. The van der Waals surface area contributed by atoms with E-state index in [-0.39, 0.29) is 5.82 Å². The van der Waals surface area contributed by atoms with Crippen molar-refractivity contribution < 1.29 is 9.50 Å². The second kappa shape index (κ2) is 6.48. The van der Waals surface area contributed by atoms with Gasteiger partial charge in [0, 0.05) is 17.2 Å². The lowest BCUT2D eigenvalue weighted by Gasteiger charge is -2.12. The lowest BCUT2D eigenvalue weighted by molar-refractivity contribution is 0.198. The molecule has 0 aliphatic carbocycles. The molecule has 1 aromatic rings. The molecule has 0 fully saturated rings. The van der Waals surface area contributed by atoms with Crippen molar-refractivity contribution in [2.45, 2.75) is 31.6 Å². The van der Waals surface area contributed by atoms with E-state index in [1.807, 2.05) is 0 Å². The number of rotatable bonds is 5. The van der Waals surface area contributed by atoms with E-state index >= 15 is 0 Å². The van der Waals surface area contributed by atoms with Crippen LogP contribution in [0.5, 0.6) is 0 Å². The first-order valence-electron chi connectivity index (χ1n) is 5.22. The molecule has 0 bridgehead atoms. The van der Waals surface area contributed by atoms with Crippen LogP contribution in [0.15, 0.2) is 18.2 Å². The van der Waals surface area contributed by atoms with E-state index in [4.69, 9.17) is 11.6 Å². The number of aliphatic hydroxyl groups excluding tert-OH is 1. The minimum Gasteiger partial charge on any atom is -0.392 e. The number of benzene rings is 1. The Labute approximate surface area is 105 Å². The Morgan fingerprint density at radius 2 is 2.12 bits per heavy atom. The van der Waals surface area contributed by atoms with Crippen LogP contribution in [-0.2, 0) is 6.42 Å². The van der Waals surface area contributed by atoms with Gasteiger partial charge in [-0.2, -0.15) is 11.8 Å². The predicted octanol–water partition coefficient (Wildman–Crippen LogP) is 3.52. The maximum atomic E-state index is 13.4. The van der Waals surface area contributed by atoms with Gasteiger partial charge in [-0.25, -0.2) is 4.39 Å². The van der Waals surface area contributed by atoms with Crippen molar-refractivity contribution in [2.75, 3.05) is 5.75 Å². The first kappa shape index (κ1) is 13.8. The van der Waals surface area contributed by atoms with Gasteiger partial charge in [-0.15, -0.1) is 0 Å². The molecule has 0 spiro atoms. The van der Waals surface area contributed by atoms with Crippen LogP contribution in [0.1, 0.15) is 19.4 Å². The summed E-state index contributed by atoms with van der Waals surface area (Å²) in [6, 6.07) is 4.41. The zero-order chi connectivity index (χ0) is 12.1. The van der Waals surface area contributed by atoms with Crippen LogP contribution in [0.4, 0.5) is 4.39 Å². The van der Waals surface area contributed by atoms with Crippen LogP contribution in [0.2, 0.25) is 5.02 Å². The number of hydrogen-bond acceptors (Lipinski definition) is 2. The van der Waals surface area contributed by atoms with Gasteiger partial charge in [0.2, 0.25) is 0 Å². The molecule has 0 saturated carbocycles. The highest BCUT2D eigenvalue weighted by molar-refractivity contribution is 7.99. The van der Waals surface area contributed by atoms with Crippen molar-refractivity contribution in [1.29, 1.82) is 0 Å². The number of aliphatic hydroxyl groups is 1. The minimum atomic E-state index is -0.527. The second-order valence-corrected chi connectivity index (χ2v) is 6.02. The maximum absolute atomic E-state index is 13.4. The van der Waals surface area contributed by atoms with E-state index in [0.29, 0.717) is 28.0 Å². The molecule has 1 atom stereocenters. The van der Waals surface area contributed by atoms with E-state index in [0.717, 1.165) is 0 Å². The first-order valence-corrected chi connectivity index (χ1v) is 6.65. The highest BCUT2D eigenvalue weighted by Crippen LogP contribution is 2.18. The summed E-state index contributed by atoms with van der Waals surface area (Å²) in [5.74, 6) is 0.307. The van der Waals surface area contributed by atoms with Crippen LogP contribution in [0.25, 0.3) is 0 Å². The van der Waals surface area contributed by atoms with E-state index < -0.39 is 6.10 Å². The molecule has 1 rings (SSSR count). The fourth-order valence-corrected chi connectivity index (χ4v) is 2.24. The number of halogens is 2. The molecular formula is C12H16ClFOS. The van der Waals surface area contributed by atoms with Crippen molar-refractivity contribution in [3.8, 4) is 0 Å². The van der Waals surface area contributed by atoms with Crippen molar-refractivity contribution in [2.24, 2.45) is 0 Å². The van der Waals surface area contributed by atoms with Gasteiger partial charge in [-0.3, -0.25) is 0 Å². The summed E-state index contributed by atoms with van der Waals surface area (Å²) >= 11 is 7.44. The number of thioether (sulfide) groups is 1. The first-order chi connectivity index (χ1) is 7.49. The van der Waals surface area contributed by atoms with E-state index in [1.165, 1.54) is 12.1 Å². The highest BCUT2D eigenvalue weighted by atomic mass is 35.5. The van der Waals surface area contributed by atoms with Crippen LogP contribution in [0.3, 0.4) is 0 Å². The average Bonchev–Trinajstić information content (AvgIpc) is 2.20. The average molecular weight is 263 g/mol. The quantitative estimate of drug-likeness (QED) is 0.876. The SMILES string of the molecule is CC(C)SCC(O)Cc1cc(Cl)ccc1F. The minimum absolute atomic E-state index is 0.307. The van der Waals surface area contributed by atoms with Crippen molar-refractivity contribution in [3.05, 3.63) is 34.6 Å². The fraction of sp³-hybridized carbons (Fsp3) is 0.500. The molecule has 0 aliphatic rings. The molecule has 0 saturated heterocycles. The van der Waals surface area contributed by atoms with Gasteiger partial charge in [0.25, 0.3) is 0 Å². The lowest BCUT2D eigenvalue weighted by Crippen LogP contribution is -2.15. The molecule has 0 heterocycles. The molecule has 16 heavy (non-hydrogen) atoms. The van der Waals surface area contributed by atoms with Crippen molar-refractivity contribution >= 4 is 23.4 Å². The van der Waals surface area contributed by atoms with Gasteiger partial charge < -0.3 is 5.11 Å². The van der Waals surface area contributed by atoms with E-state index in [1.54, 1.807) is 17.8 Å². The predicted molar refractivity (Wildman–Crippen MR) is 68.7 cm³/mol. The fourth-order valence-electron chi connectivity index (χ4n) is 1.32. The third-order valence-corrected chi connectivity index (χ3v) is 3.56. The monoisotopic (exact) mass is 262 g/mol. The van der Waals surface area contributed by atoms with Crippen LogP contribution in [0, 0.1) is 5.82 Å². The Morgan fingerprint density at radius 3 is 2.75 bits per heavy atom. The molecule has 0 aliphatic heterocycles. The second-order valence-electron chi connectivity index (χ2n) is 3.98. The van der Waals surface area contributed by atoms with Crippen molar-refractivity contribution in [1.82, 2.24) is 0 Å². The van der Waals surface area contributed by atoms with Gasteiger partial charge in [-0.05, 0) is 29.0 Å². The topological polar surface area (TPSA) is 20.2 Å². The third-order valence-electron chi connectivity index (χ3n) is 2.09. The van der Waals surface area contributed by atoms with Crippen molar-refractivity contribution in [3.63, 3.8) is 0 Å². The smallest absolute Gasteiger partial charge is 0.126 e. The zero-order valence-electron chi connectivity index (χ0n) is 9.41. The van der Waals surface area contributed by atoms with Gasteiger partial charge >= 0.3 is 0 Å². The summed E-state index contributed by atoms with van der Waals surface area (Å²) in [6.07, 6.45) is -0.216. The largest absolute Gasteiger partial charge is 0.392 e. The summed E-state index contributed by atoms with van der Waals surface area (Å²) < 4.78 is 13.4. The van der Waals surface area contributed by atoms with Gasteiger partial charge in [0.05, 0.1) is 6.10 Å². The molecule has 1 aromatic carbocycles. The van der Waals surface area contributed by atoms with Gasteiger partial charge in [-0.1, -0.05) is 25.4 Å². The highest BCUT2D eigenvalue weighted by Gasteiger charge is 2.10. The Balaban J connectivity index is 2.55. The summed E-state index contributed by atoms with van der Waals surface area (Å²) in [5.41, 5.74) is 0.476. The summed E-state index contributed by atoms with van der Waals surface area (Å²) in [4.78, 5) is 0. The normalized spacial score (nSPS) is 13.1. The summed E-state index contributed by atoms with van der Waals surface area (Å²) in [6.45, 7) is 4.13. The van der Waals surface area contributed by atoms with Crippen LogP contribution in [-0.4, -0.2) is 22.2 Å². The molecule has 1 unspecified atom stereocenters. The third kappa shape index (κ3) is 4.73. The molecular weight excluding hydrogens is 247 g/mol. The molecule has 0 radical (unpaired) electrons. The van der Waals surface area contributed by atoms with Crippen LogP contribution >= 0.6 is 23.4 Å².